The molecule has 1 heterocycles. The van der Waals surface area contributed by atoms with Crippen molar-refractivity contribution in [2.75, 3.05) is 5.32 Å². The van der Waals surface area contributed by atoms with E-state index in [1.54, 1.807) is 24.4 Å². The first-order chi connectivity index (χ1) is 8.66. The van der Waals surface area contributed by atoms with Crippen LogP contribution in [0.2, 0.25) is 0 Å². The van der Waals surface area contributed by atoms with Crippen LogP contribution in [0.1, 0.15) is 0 Å². The van der Waals surface area contributed by atoms with E-state index < -0.39 is 6.61 Å². The van der Waals surface area contributed by atoms with Gasteiger partial charge in [-0.25, -0.2) is 9.97 Å². The van der Waals surface area contributed by atoms with Crippen molar-refractivity contribution >= 4 is 27.4 Å². The van der Waals surface area contributed by atoms with Crippen LogP contribution in [0.25, 0.3) is 0 Å². The molecular weight excluding hydrogens is 308 g/mol. The van der Waals surface area contributed by atoms with Crippen LogP contribution in [0.4, 0.5) is 20.3 Å². The van der Waals surface area contributed by atoms with Gasteiger partial charge in [0, 0.05) is 6.20 Å². The fraction of sp³-hybridized carbons (Fsp3) is 0.0909. The molecule has 0 fully saturated rings. The van der Waals surface area contributed by atoms with Crippen LogP contribution in [0.5, 0.6) is 5.75 Å². The molecule has 1 aromatic heterocycles. The number of rotatable bonds is 4. The first-order valence-electron chi connectivity index (χ1n) is 4.93. The first kappa shape index (κ1) is 12.7. The van der Waals surface area contributed by atoms with Crippen LogP contribution in [-0.4, -0.2) is 16.6 Å². The molecule has 0 spiro atoms. The molecule has 0 saturated carbocycles. The summed E-state index contributed by atoms with van der Waals surface area (Å²) in [5.74, 6) is 0.522. The van der Waals surface area contributed by atoms with Crippen LogP contribution in [-0.2, 0) is 0 Å². The zero-order chi connectivity index (χ0) is 13.0. The molecule has 7 heteroatoms. The zero-order valence-electron chi connectivity index (χ0n) is 8.98. The SMILES string of the molecule is FC(F)Oc1ccccc1Nc1ncncc1Br. The van der Waals surface area contributed by atoms with Gasteiger partial charge in [-0.1, -0.05) is 12.1 Å². The van der Waals surface area contributed by atoms with Crippen molar-refractivity contribution in [3.63, 3.8) is 0 Å². The summed E-state index contributed by atoms with van der Waals surface area (Å²) < 4.78 is 29.5. The van der Waals surface area contributed by atoms with Crippen LogP contribution >= 0.6 is 15.9 Å². The van der Waals surface area contributed by atoms with Gasteiger partial charge in [-0.15, -0.1) is 0 Å². The Morgan fingerprint density at radius 1 is 1.28 bits per heavy atom. The fourth-order valence-corrected chi connectivity index (χ4v) is 1.62. The Morgan fingerprint density at radius 3 is 2.78 bits per heavy atom. The van der Waals surface area contributed by atoms with Crippen molar-refractivity contribution < 1.29 is 13.5 Å². The quantitative estimate of drug-likeness (QED) is 0.936. The molecule has 1 aromatic carbocycles. The van der Waals surface area contributed by atoms with E-state index >= 15 is 0 Å². The molecule has 2 aromatic rings. The Morgan fingerprint density at radius 2 is 2.06 bits per heavy atom. The largest absolute Gasteiger partial charge is 0.433 e. The van der Waals surface area contributed by atoms with Gasteiger partial charge < -0.3 is 10.1 Å². The third-order valence-corrected chi connectivity index (χ3v) is 2.60. The van der Waals surface area contributed by atoms with Crippen LogP contribution in [0, 0.1) is 0 Å². The lowest BCUT2D eigenvalue weighted by molar-refractivity contribution is -0.0493. The Kier molecular flexibility index (Phi) is 4.03. The smallest absolute Gasteiger partial charge is 0.387 e. The van der Waals surface area contributed by atoms with Crippen molar-refractivity contribution in [3.05, 3.63) is 41.3 Å². The number of alkyl halides is 2. The molecular formula is C11H8BrF2N3O. The number of ether oxygens (including phenoxy) is 1. The molecule has 1 N–H and O–H groups in total. The van der Waals surface area contributed by atoms with Gasteiger partial charge in [0.15, 0.2) is 0 Å². The monoisotopic (exact) mass is 315 g/mol. The Balaban J connectivity index is 2.26. The minimum Gasteiger partial charge on any atom is -0.433 e. The summed E-state index contributed by atoms with van der Waals surface area (Å²) in [5.41, 5.74) is 0.400. The predicted octanol–water partition coefficient (Wildman–Crippen LogP) is 3.58. The molecule has 4 nitrogen and oxygen atoms in total. The Labute approximate surface area is 110 Å². The van der Waals surface area contributed by atoms with Gasteiger partial charge in [-0.05, 0) is 28.1 Å². The van der Waals surface area contributed by atoms with Gasteiger partial charge in [-0.2, -0.15) is 8.78 Å². The normalized spacial score (nSPS) is 10.4. The second kappa shape index (κ2) is 5.72. The number of nitrogens with one attached hydrogen (secondary N) is 1. The van der Waals surface area contributed by atoms with E-state index in [1.807, 2.05) is 0 Å². The molecule has 0 aliphatic rings. The van der Waals surface area contributed by atoms with E-state index in [4.69, 9.17) is 0 Å². The lowest BCUT2D eigenvalue weighted by Gasteiger charge is -2.12. The molecule has 0 aliphatic carbocycles. The highest BCUT2D eigenvalue weighted by Gasteiger charge is 2.10. The number of hydrogen-bond acceptors (Lipinski definition) is 4. The van der Waals surface area contributed by atoms with E-state index in [0.717, 1.165) is 0 Å². The van der Waals surface area contributed by atoms with Crippen LogP contribution in [0.3, 0.4) is 0 Å². The minimum absolute atomic E-state index is 0.0537. The summed E-state index contributed by atoms with van der Waals surface area (Å²) >= 11 is 3.25. The lowest BCUT2D eigenvalue weighted by Crippen LogP contribution is -2.05. The van der Waals surface area contributed by atoms with E-state index in [-0.39, 0.29) is 5.75 Å². The van der Waals surface area contributed by atoms with E-state index in [9.17, 15) is 8.78 Å². The molecule has 0 saturated heterocycles. The topological polar surface area (TPSA) is 47.0 Å². The second-order valence-corrected chi connectivity index (χ2v) is 4.07. The standard InChI is InChI=1S/C11H8BrF2N3O/c12-7-5-15-6-16-10(7)17-8-3-1-2-4-9(8)18-11(13)14/h1-6,11H,(H,15,16,17). The van der Waals surface area contributed by atoms with Crippen molar-refractivity contribution in [1.82, 2.24) is 9.97 Å². The van der Waals surface area contributed by atoms with Gasteiger partial charge >= 0.3 is 6.61 Å². The fourth-order valence-electron chi connectivity index (χ4n) is 1.30. The van der Waals surface area contributed by atoms with Crippen molar-refractivity contribution in [2.45, 2.75) is 6.61 Å². The average Bonchev–Trinajstić information content (AvgIpc) is 2.34. The van der Waals surface area contributed by atoms with Crippen molar-refractivity contribution in [3.8, 4) is 5.75 Å². The summed E-state index contributed by atoms with van der Waals surface area (Å²) in [5, 5.41) is 2.89. The van der Waals surface area contributed by atoms with E-state index in [0.29, 0.717) is 16.0 Å². The predicted molar refractivity (Wildman–Crippen MR) is 66.1 cm³/mol. The summed E-state index contributed by atoms with van der Waals surface area (Å²) in [6.45, 7) is -2.87. The Hall–Kier alpha value is -1.76. The molecule has 0 amide bonds. The summed E-state index contributed by atoms with van der Waals surface area (Å²) in [7, 11) is 0. The van der Waals surface area contributed by atoms with E-state index in [2.05, 4.69) is 36.0 Å². The van der Waals surface area contributed by atoms with Crippen LogP contribution in [0.15, 0.2) is 41.3 Å². The number of aromatic nitrogens is 2. The summed E-state index contributed by atoms with van der Waals surface area (Å²) in [6.07, 6.45) is 2.90. The number of anilines is 2. The maximum atomic E-state index is 12.2. The maximum absolute atomic E-state index is 12.2. The highest BCUT2D eigenvalue weighted by atomic mass is 79.9. The number of hydrogen-bond donors (Lipinski definition) is 1. The summed E-state index contributed by atoms with van der Waals surface area (Å²) in [4.78, 5) is 7.79. The molecule has 0 aliphatic heterocycles. The molecule has 18 heavy (non-hydrogen) atoms. The Bertz CT molecular complexity index is 539. The number of nitrogens with zero attached hydrogens (tertiary/aromatic N) is 2. The molecule has 0 unspecified atom stereocenters. The van der Waals surface area contributed by atoms with Gasteiger partial charge in [0.1, 0.15) is 17.9 Å². The molecule has 0 bridgehead atoms. The van der Waals surface area contributed by atoms with Gasteiger partial charge in [0.25, 0.3) is 0 Å². The molecule has 2 rings (SSSR count). The first-order valence-corrected chi connectivity index (χ1v) is 5.72. The summed E-state index contributed by atoms with van der Waals surface area (Å²) in [6, 6.07) is 6.38. The van der Waals surface area contributed by atoms with Gasteiger partial charge in [-0.3, -0.25) is 0 Å². The maximum Gasteiger partial charge on any atom is 0.387 e. The third kappa shape index (κ3) is 3.13. The number of benzene rings is 1. The zero-order valence-corrected chi connectivity index (χ0v) is 10.6. The molecule has 94 valence electrons. The minimum atomic E-state index is -2.87. The molecule has 0 atom stereocenters. The van der Waals surface area contributed by atoms with Gasteiger partial charge in [0.2, 0.25) is 0 Å². The van der Waals surface area contributed by atoms with Crippen LogP contribution < -0.4 is 10.1 Å². The highest BCUT2D eigenvalue weighted by Crippen LogP contribution is 2.30. The third-order valence-electron chi connectivity index (χ3n) is 2.02. The number of para-hydroxylation sites is 2. The highest BCUT2D eigenvalue weighted by molar-refractivity contribution is 9.10. The second-order valence-electron chi connectivity index (χ2n) is 3.22. The van der Waals surface area contributed by atoms with Gasteiger partial charge in [0.05, 0.1) is 10.2 Å². The lowest BCUT2D eigenvalue weighted by atomic mass is 10.3. The average molecular weight is 316 g/mol. The number of halogens is 3. The van der Waals surface area contributed by atoms with Crippen molar-refractivity contribution in [1.29, 1.82) is 0 Å². The van der Waals surface area contributed by atoms with E-state index in [1.165, 1.54) is 12.4 Å². The van der Waals surface area contributed by atoms with Crippen molar-refractivity contribution in [2.24, 2.45) is 0 Å². The molecule has 0 radical (unpaired) electrons.